The number of nitriles is 1. The number of halogens is 4. The first-order valence-electron chi connectivity index (χ1n) is 9.08. The van der Waals surface area contributed by atoms with Crippen molar-refractivity contribution in [2.75, 3.05) is 23.8 Å². The van der Waals surface area contributed by atoms with Gasteiger partial charge in [0.1, 0.15) is 5.82 Å². The summed E-state index contributed by atoms with van der Waals surface area (Å²) in [6.07, 6.45) is -2.47. The maximum atomic E-state index is 13.3. The molecule has 11 heteroatoms. The molecule has 1 aliphatic heterocycles. The average Bonchev–Trinajstić information content (AvgIpc) is 2.71. The number of alkyl halides is 3. The van der Waals surface area contributed by atoms with Crippen LogP contribution < -0.4 is 10.6 Å². The van der Waals surface area contributed by atoms with Crippen LogP contribution in [-0.2, 0) is 17.5 Å². The maximum Gasteiger partial charge on any atom is 0.417 e. The highest BCUT2D eigenvalue weighted by Gasteiger charge is 2.34. The van der Waals surface area contributed by atoms with Crippen molar-refractivity contribution in [3.8, 4) is 6.07 Å². The summed E-state index contributed by atoms with van der Waals surface area (Å²) in [6.45, 7) is 2.08. The van der Waals surface area contributed by atoms with Crippen molar-refractivity contribution in [1.29, 1.82) is 5.26 Å². The fourth-order valence-corrected chi connectivity index (χ4v) is 3.64. The van der Waals surface area contributed by atoms with Crippen LogP contribution in [0.1, 0.15) is 23.1 Å². The number of hydrogen-bond donors (Lipinski definition) is 3. The van der Waals surface area contributed by atoms with Gasteiger partial charge in [-0.05, 0) is 47.0 Å². The predicted molar refractivity (Wildman–Crippen MR) is 107 cm³/mol. The van der Waals surface area contributed by atoms with Gasteiger partial charge >= 0.3 is 6.18 Å². The number of aromatic nitrogens is 2. The van der Waals surface area contributed by atoms with Crippen molar-refractivity contribution >= 4 is 33.4 Å². The minimum Gasteiger partial charge on any atom is -0.392 e. The summed E-state index contributed by atoms with van der Waals surface area (Å²) in [6, 6.07) is 4.30. The van der Waals surface area contributed by atoms with Crippen LogP contribution in [0.25, 0.3) is 0 Å². The molecule has 30 heavy (non-hydrogen) atoms. The predicted octanol–water partition coefficient (Wildman–Crippen LogP) is 4.14. The Kier molecular flexibility index (Phi) is 6.80. The molecule has 2 atom stereocenters. The topological polar surface area (TPSA) is 103 Å². The quantitative estimate of drug-likeness (QED) is 0.584. The fourth-order valence-electron chi connectivity index (χ4n) is 3.07. The molecular weight excluding hydrogens is 467 g/mol. The van der Waals surface area contributed by atoms with E-state index in [9.17, 15) is 23.5 Å². The Morgan fingerprint density at radius 1 is 1.40 bits per heavy atom. The SMILES string of the molecule is Cc1cnc(Nc2cc(CO)c(Br)c(C(F)(F)F)c2)nc1N[C@H]1COCCC1C#N. The first kappa shape index (κ1) is 22.3. The van der Waals surface area contributed by atoms with Crippen LogP contribution in [0.2, 0.25) is 0 Å². The van der Waals surface area contributed by atoms with Gasteiger partial charge in [0.25, 0.3) is 0 Å². The molecule has 0 bridgehead atoms. The molecule has 1 saturated heterocycles. The van der Waals surface area contributed by atoms with E-state index in [0.717, 1.165) is 6.07 Å². The Balaban J connectivity index is 1.88. The number of hydrogen-bond acceptors (Lipinski definition) is 7. The molecule has 1 aromatic carbocycles. The van der Waals surface area contributed by atoms with Crippen LogP contribution in [0.5, 0.6) is 0 Å². The molecule has 0 saturated carbocycles. The number of nitrogens with one attached hydrogen (secondary N) is 2. The van der Waals surface area contributed by atoms with Crippen molar-refractivity contribution in [2.24, 2.45) is 5.92 Å². The van der Waals surface area contributed by atoms with Gasteiger partial charge in [-0.15, -0.1) is 0 Å². The Hall–Kier alpha value is -2.42. The van der Waals surface area contributed by atoms with Crippen molar-refractivity contribution in [3.05, 3.63) is 39.5 Å². The third-order valence-electron chi connectivity index (χ3n) is 4.70. The largest absolute Gasteiger partial charge is 0.417 e. The highest BCUT2D eigenvalue weighted by molar-refractivity contribution is 9.10. The lowest BCUT2D eigenvalue weighted by atomic mass is 9.96. The molecule has 1 fully saturated rings. The van der Waals surface area contributed by atoms with Gasteiger partial charge in [-0.25, -0.2) is 4.98 Å². The molecule has 1 unspecified atom stereocenters. The minimum absolute atomic E-state index is 0.0765. The van der Waals surface area contributed by atoms with Crippen LogP contribution >= 0.6 is 15.9 Å². The van der Waals surface area contributed by atoms with Crippen molar-refractivity contribution in [1.82, 2.24) is 9.97 Å². The van der Waals surface area contributed by atoms with E-state index >= 15 is 0 Å². The first-order valence-corrected chi connectivity index (χ1v) is 9.87. The van der Waals surface area contributed by atoms with E-state index < -0.39 is 18.3 Å². The molecular formula is C19H19BrF3N5O2. The van der Waals surface area contributed by atoms with Gasteiger partial charge in [-0.3, -0.25) is 0 Å². The van der Waals surface area contributed by atoms with Crippen LogP contribution in [0.4, 0.5) is 30.6 Å². The maximum absolute atomic E-state index is 13.3. The van der Waals surface area contributed by atoms with E-state index in [1.54, 1.807) is 6.92 Å². The second kappa shape index (κ2) is 9.16. The molecule has 7 nitrogen and oxygen atoms in total. The average molecular weight is 486 g/mol. The van der Waals surface area contributed by atoms with Crippen molar-refractivity contribution in [2.45, 2.75) is 32.2 Å². The lowest BCUT2D eigenvalue weighted by Gasteiger charge is -2.28. The summed E-state index contributed by atoms with van der Waals surface area (Å²) >= 11 is 2.90. The number of aliphatic hydroxyl groups excluding tert-OH is 1. The van der Waals surface area contributed by atoms with E-state index in [0.29, 0.717) is 31.0 Å². The molecule has 1 aliphatic rings. The zero-order valence-electron chi connectivity index (χ0n) is 15.9. The zero-order chi connectivity index (χ0) is 21.9. The van der Waals surface area contributed by atoms with Gasteiger partial charge in [0, 0.05) is 28.5 Å². The third-order valence-corrected chi connectivity index (χ3v) is 5.63. The number of rotatable bonds is 5. The van der Waals surface area contributed by atoms with E-state index in [4.69, 9.17) is 4.74 Å². The molecule has 0 spiro atoms. The van der Waals surface area contributed by atoms with E-state index in [1.165, 1.54) is 12.3 Å². The summed E-state index contributed by atoms with van der Waals surface area (Å²) in [5, 5.41) is 24.7. The van der Waals surface area contributed by atoms with Gasteiger partial charge < -0.3 is 20.5 Å². The van der Waals surface area contributed by atoms with Gasteiger partial charge in [-0.1, -0.05) is 0 Å². The van der Waals surface area contributed by atoms with E-state index in [1.807, 2.05) is 0 Å². The lowest BCUT2D eigenvalue weighted by molar-refractivity contribution is -0.138. The third kappa shape index (κ3) is 5.00. The van der Waals surface area contributed by atoms with Gasteiger partial charge in [0.2, 0.25) is 5.95 Å². The molecule has 3 N–H and O–H groups in total. The summed E-state index contributed by atoms with van der Waals surface area (Å²) in [7, 11) is 0. The number of ether oxygens (including phenoxy) is 1. The standard InChI is InChI=1S/C19H19BrF3N5O2/c1-10-7-25-18(28-17(10)27-15-9-30-3-2-11(15)6-24)26-13-4-12(8-29)16(20)14(5-13)19(21,22)23/h4-5,7,11,15,29H,2-3,8-9H2,1H3,(H2,25,26,27,28)/t11?,15-/m0/s1. The highest BCUT2D eigenvalue weighted by Crippen LogP contribution is 2.39. The number of aliphatic hydroxyl groups is 1. The van der Waals surface area contributed by atoms with Crippen LogP contribution in [0.3, 0.4) is 0 Å². The number of benzene rings is 1. The Morgan fingerprint density at radius 2 is 2.17 bits per heavy atom. The molecule has 0 aliphatic carbocycles. The summed E-state index contributed by atoms with van der Waals surface area (Å²) in [5.41, 5.74) is -0.0434. The molecule has 0 amide bonds. The second-order valence-corrected chi connectivity index (χ2v) is 7.65. The second-order valence-electron chi connectivity index (χ2n) is 6.85. The summed E-state index contributed by atoms with van der Waals surface area (Å²) in [5.74, 6) is 0.295. The molecule has 3 rings (SSSR count). The van der Waals surface area contributed by atoms with E-state index in [2.05, 4.69) is 42.6 Å². The first-order chi connectivity index (χ1) is 14.2. The zero-order valence-corrected chi connectivity index (χ0v) is 17.5. The molecule has 2 heterocycles. The van der Waals surface area contributed by atoms with Crippen LogP contribution in [-0.4, -0.2) is 34.3 Å². The molecule has 2 aromatic rings. The monoisotopic (exact) mass is 485 g/mol. The Labute approximate surface area is 179 Å². The molecule has 0 radical (unpaired) electrons. The highest BCUT2D eigenvalue weighted by atomic mass is 79.9. The normalized spacial score (nSPS) is 19.2. The smallest absolute Gasteiger partial charge is 0.392 e. The van der Waals surface area contributed by atoms with Gasteiger partial charge in [0.15, 0.2) is 0 Å². The minimum atomic E-state index is -4.60. The molecule has 1 aromatic heterocycles. The lowest BCUT2D eigenvalue weighted by Crippen LogP contribution is -2.38. The van der Waals surface area contributed by atoms with Gasteiger partial charge in [0.05, 0.1) is 36.8 Å². The fraction of sp³-hybridized carbons (Fsp3) is 0.421. The van der Waals surface area contributed by atoms with Crippen molar-refractivity contribution in [3.63, 3.8) is 0 Å². The van der Waals surface area contributed by atoms with Crippen LogP contribution in [0.15, 0.2) is 22.8 Å². The Morgan fingerprint density at radius 3 is 2.83 bits per heavy atom. The summed E-state index contributed by atoms with van der Waals surface area (Å²) in [4.78, 5) is 8.47. The Bertz CT molecular complexity index is 964. The summed E-state index contributed by atoms with van der Waals surface area (Å²) < 4.78 is 45.2. The van der Waals surface area contributed by atoms with Gasteiger partial charge in [-0.2, -0.15) is 23.4 Å². The van der Waals surface area contributed by atoms with Crippen molar-refractivity contribution < 1.29 is 23.0 Å². The van der Waals surface area contributed by atoms with Crippen LogP contribution in [0, 0.1) is 24.2 Å². The number of aryl methyl sites for hydroxylation is 1. The number of nitrogens with zero attached hydrogens (tertiary/aromatic N) is 3. The molecule has 160 valence electrons. The van der Waals surface area contributed by atoms with E-state index in [-0.39, 0.29) is 33.6 Å². The number of anilines is 3.